The average molecular weight is 537 g/mol. The fourth-order valence-electron chi connectivity index (χ4n) is 2.85. The Balaban J connectivity index is 1.54. The molecule has 174 valence electrons. The lowest BCUT2D eigenvalue weighted by Gasteiger charge is -2.12. The Hall–Kier alpha value is -2.99. The lowest BCUT2D eigenvalue weighted by molar-refractivity contribution is -0.113. The van der Waals surface area contributed by atoms with Gasteiger partial charge in [-0.15, -0.1) is 21.5 Å². The summed E-state index contributed by atoms with van der Waals surface area (Å²) in [7, 11) is 0. The Morgan fingerprint density at radius 2 is 1.97 bits per heavy atom. The minimum absolute atomic E-state index is 0.00549. The molecule has 0 radical (unpaired) electrons. The molecule has 0 aliphatic heterocycles. The lowest BCUT2D eigenvalue weighted by atomic mass is 10.2. The molecule has 2 heterocycles. The molecule has 0 spiro atoms. The van der Waals surface area contributed by atoms with Crippen molar-refractivity contribution >= 4 is 63.2 Å². The van der Waals surface area contributed by atoms with Crippen LogP contribution in [0.5, 0.6) is 0 Å². The highest BCUT2D eigenvalue weighted by Gasteiger charge is 2.18. The van der Waals surface area contributed by atoms with Gasteiger partial charge in [-0.1, -0.05) is 41.0 Å². The van der Waals surface area contributed by atoms with E-state index in [1.165, 1.54) is 29.5 Å². The maximum Gasteiger partial charge on any atom is 0.251 e. The number of amides is 2. The van der Waals surface area contributed by atoms with Crippen LogP contribution in [0.3, 0.4) is 0 Å². The van der Waals surface area contributed by atoms with Gasteiger partial charge in [-0.3, -0.25) is 14.2 Å². The Labute approximate surface area is 211 Å². The van der Waals surface area contributed by atoms with E-state index in [1.54, 1.807) is 34.3 Å². The number of nitrogens with zero attached hydrogens (tertiary/aromatic N) is 4. The molecule has 4 rings (SSSR count). The molecule has 0 bridgehead atoms. The molecule has 2 N–H and O–H groups in total. The van der Waals surface area contributed by atoms with Gasteiger partial charge in [0.1, 0.15) is 5.82 Å². The van der Waals surface area contributed by atoms with Crippen LogP contribution in [-0.2, 0) is 11.3 Å². The minimum Gasteiger partial charge on any atom is -0.345 e. The highest BCUT2D eigenvalue weighted by atomic mass is 35.5. The van der Waals surface area contributed by atoms with Gasteiger partial charge in [0.25, 0.3) is 5.91 Å². The number of nitrogens with one attached hydrogen (secondary N) is 2. The Kier molecular flexibility index (Phi) is 7.78. The van der Waals surface area contributed by atoms with E-state index in [1.807, 2.05) is 0 Å². The Morgan fingerprint density at radius 3 is 2.71 bits per heavy atom. The molecule has 34 heavy (non-hydrogen) atoms. The third kappa shape index (κ3) is 5.92. The van der Waals surface area contributed by atoms with Gasteiger partial charge < -0.3 is 10.6 Å². The summed E-state index contributed by atoms with van der Waals surface area (Å²) in [6.07, 6.45) is 1.60. The molecule has 0 fully saturated rings. The van der Waals surface area contributed by atoms with E-state index in [2.05, 4.69) is 25.8 Å². The molecule has 0 saturated carbocycles. The lowest BCUT2D eigenvalue weighted by Crippen LogP contribution is -2.24. The molecule has 0 unspecified atom stereocenters. The van der Waals surface area contributed by atoms with Crippen molar-refractivity contribution in [2.75, 3.05) is 11.1 Å². The van der Waals surface area contributed by atoms with Crippen LogP contribution in [0.4, 0.5) is 9.52 Å². The maximum atomic E-state index is 13.5. The number of hydrogen-bond donors (Lipinski definition) is 2. The van der Waals surface area contributed by atoms with Crippen molar-refractivity contribution in [1.82, 2.24) is 25.1 Å². The molecule has 8 nitrogen and oxygen atoms in total. The number of thioether (sulfide) groups is 1. The van der Waals surface area contributed by atoms with Crippen molar-refractivity contribution in [2.45, 2.75) is 11.7 Å². The SMILES string of the molecule is O=C(CSc1nnc(CNC(=O)c2cccc(F)c2)n1-c1ccc(Cl)c(Cl)c1)Nc1nccs1. The third-order valence-corrected chi connectivity index (χ3v) is 6.72. The predicted octanol–water partition coefficient (Wildman–Crippen LogP) is 4.83. The standard InChI is InChI=1S/C21H15Cl2FN6O2S2/c22-15-5-4-14(9-16(15)23)30-17(10-26-19(32)12-2-1-3-13(24)8-12)28-29-21(30)34-11-18(31)27-20-25-6-7-33-20/h1-9H,10-11H2,(H,26,32)(H,25,27,31). The molecule has 2 amide bonds. The fraction of sp³-hybridized carbons (Fsp3) is 0.0952. The van der Waals surface area contributed by atoms with Crippen LogP contribution in [0.1, 0.15) is 16.2 Å². The van der Waals surface area contributed by atoms with Crippen LogP contribution in [-0.4, -0.2) is 37.3 Å². The first-order chi connectivity index (χ1) is 16.4. The zero-order valence-corrected chi connectivity index (χ0v) is 20.3. The van der Waals surface area contributed by atoms with Crippen molar-refractivity contribution in [1.29, 1.82) is 0 Å². The van der Waals surface area contributed by atoms with Crippen LogP contribution >= 0.6 is 46.3 Å². The highest BCUT2D eigenvalue weighted by Crippen LogP contribution is 2.28. The van der Waals surface area contributed by atoms with E-state index >= 15 is 0 Å². The number of thiazole rings is 1. The zero-order valence-electron chi connectivity index (χ0n) is 17.2. The van der Waals surface area contributed by atoms with Gasteiger partial charge >= 0.3 is 0 Å². The maximum absolute atomic E-state index is 13.5. The number of hydrogen-bond acceptors (Lipinski definition) is 7. The summed E-state index contributed by atoms with van der Waals surface area (Å²) >= 11 is 14.7. The predicted molar refractivity (Wildman–Crippen MR) is 130 cm³/mol. The van der Waals surface area contributed by atoms with E-state index in [9.17, 15) is 14.0 Å². The van der Waals surface area contributed by atoms with Crippen molar-refractivity contribution in [3.05, 3.63) is 81.3 Å². The summed E-state index contributed by atoms with van der Waals surface area (Å²) in [4.78, 5) is 28.8. The largest absolute Gasteiger partial charge is 0.345 e. The molecule has 4 aromatic rings. The van der Waals surface area contributed by atoms with Gasteiger partial charge in [-0.25, -0.2) is 9.37 Å². The number of halogens is 3. The van der Waals surface area contributed by atoms with Crippen molar-refractivity contribution in [3.8, 4) is 5.69 Å². The first-order valence-electron chi connectivity index (χ1n) is 9.66. The van der Waals surface area contributed by atoms with Gasteiger partial charge in [0.2, 0.25) is 5.91 Å². The van der Waals surface area contributed by atoms with Gasteiger partial charge in [-0.05, 0) is 36.4 Å². The quantitative estimate of drug-likeness (QED) is 0.312. The minimum atomic E-state index is -0.513. The van der Waals surface area contributed by atoms with Crippen LogP contribution in [0.2, 0.25) is 10.0 Å². The van der Waals surface area contributed by atoms with Crippen LogP contribution in [0.25, 0.3) is 5.69 Å². The second-order valence-corrected chi connectivity index (χ2v) is 9.35. The molecular weight excluding hydrogens is 522 g/mol. The van der Waals surface area contributed by atoms with E-state index < -0.39 is 11.7 Å². The Bertz CT molecular complexity index is 1330. The van der Waals surface area contributed by atoms with Crippen molar-refractivity contribution in [2.24, 2.45) is 0 Å². The van der Waals surface area contributed by atoms with Crippen LogP contribution < -0.4 is 10.6 Å². The number of aromatic nitrogens is 4. The summed E-state index contributed by atoms with van der Waals surface area (Å²) in [6, 6.07) is 10.3. The van der Waals surface area contributed by atoms with Gasteiger partial charge in [-0.2, -0.15) is 0 Å². The molecule has 2 aromatic heterocycles. The summed E-state index contributed by atoms with van der Waals surface area (Å²) in [5, 5.41) is 17.1. The normalized spacial score (nSPS) is 10.8. The van der Waals surface area contributed by atoms with E-state index in [-0.39, 0.29) is 23.8 Å². The number of anilines is 1. The van der Waals surface area contributed by atoms with Crippen molar-refractivity contribution < 1.29 is 14.0 Å². The van der Waals surface area contributed by atoms with Gasteiger partial charge in [0.15, 0.2) is 16.1 Å². The second kappa shape index (κ2) is 11.0. The van der Waals surface area contributed by atoms with Gasteiger partial charge in [0, 0.05) is 17.1 Å². The monoisotopic (exact) mass is 536 g/mol. The smallest absolute Gasteiger partial charge is 0.251 e. The Morgan fingerprint density at radius 1 is 1.12 bits per heavy atom. The topological polar surface area (TPSA) is 102 Å². The first-order valence-corrected chi connectivity index (χ1v) is 12.3. The molecule has 0 aliphatic carbocycles. The van der Waals surface area contributed by atoms with Crippen LogP contribution in [0.15, 0.2) is 59.2 Å². The number of rotatable bonds is 8. The molecule has 0 aliphatic rings. The number of carbonyl (C=O) groups excluding carboxylic acids is 2. The van der Waals surface area contributed by atoms with E-state index in [4.69, 9.17) is 23.2 Å². The first kappa shape index (κ1) is 24.1. The molecule has 0 atom stereocenters. The average Bonchev–Trinajstić information content (AvgIpc) is 3.47. The van der Waals surface area contributed by atoms with Crippen LogP contribution in [0, 0.1) is 5.82 Å². The highest BCUT2D eigenvalue weighted by molar-refractivity contribution is 7.99. The van der Waals surface area contributed by atoms with Crippen molar-refractivity contribution in [3.63, 3.8) is 0 Å². The molecular formula is C21H15Cl2FN6O2S2. The molecule has 2 aromatic carbocycles. The summed E-state index contributed by atoms with van der Waals surface area (Å²) in [6.45, 7) is -0.00549. The zero-order chi connectivity index (χ0) is 24.1. The second-order valence-electron chi connectivity index (χ2n) is 6.70. The molecule has 0 saturated heterocycles. The molecule has 13 heteroatoms. The summed E-state index contributed by atoms with van der Waals surface area (Å²) < 4.78 is 15.1. The third-order valence-electron chi connectivity index (χ3n) is 4.37. The number of benzene rings is 2. The van der Waals surface area contributed by atoms with E-state index in [0.29, 0.717) is 31.8 Å². The van der Waals surface area contributed by atoms with Gasteiger partial charge in [0.05, 0.1) is 28.0 Å². The summed E-state index contributed by atoms with van der Waals surface area (Å²) in [5.41, 5.74) is 0.770. The summed E-state index contributed by atoms with van der Waals surface area (Å²) in [5.74, 6) is -0.813. The van der Waals surface area contributed by atoms with E-state index in [0.717, 1.165) is 17.8 Å². The number of carbonyl (C=O) groups is 2. The fourth-order valence-corrected chi connectivity index (χ4v) is 4.46.